The highest BCUT2D eigenvalue weighted by Gasteiger charge is 2.00. The number of alkyl halides is 1. The minimum Gasteiger partial charge on any atom is -0.302 e. The molecule has 0 N–H and O–H groups in total. The Morgan fingerprint density at radius 1 is 1.00 bits per heavy atom. The smallest absolute Gasteiger partial charge is 0.133 e. The van der Waals surface area contributed by atoms with E-state index in [2.05, 4.69) is 22.9 Å². The molecule has 0 aliphatic carbocycles. The van der Waals surface area contributed by atoms with E-state index in [0.29, 0.717) is 0 Å². The zero-order chi connectivity index (χ0) is 10.6. The second-order valence-electron chi connectivity index (χ2n) is 3.92. The van der Waals surface area contributed by atoms with Crippen LogP contribution in [-0.4, -0.2) is 11.1 Å². The highest BCUT2D eigenvalue weighted by atomic mass is 79.9. The molecular formula is C12H23BrO. The van der Waals surface area contributed by atoms with Crippen molar-refractivity contribution in [1.29, 1.82) is 0 Å². The van der Waals surface area contributed by atoms with Crippen molar-refractivity contribution in [3.63, 3.8) is 0 Å². The van der Waals surface area contributed by atoms with Crippen molar-refractivity contribution in [1.82, 2.24) is 0 Å². The standard InChI is InChI=1S/C12H23BrO/c1-2-3-4-5-6-7-8-9-10-12(13)11-14/h11-12H,2-10H2,1H3. The molecule has 0 saturated heterocycles. The third-order valence-corrected chi connectivity index (χ3v) is 3.15. The summed E-state index contributed by atoms with van der Waals surface area (Å²) in [5.41, 5.74) is 0. The molecule has 1 nitrogen and oxygen atoms in total. The third kappa shape index (κ3) is 10.2. The van der Waals surface area contributed by atoms with Crippen LogP contribution in [-0.2, 0) is 4.79 Å². The molecule has 0 spiro atoms. The van der Waals surface area contributed by atoms with Crippen LogP contribution in [0.3, 0.4) is 0 Å². The Balaban J connectivity index is 2.95. The predicted octanol–water partition coefficient (Wildman–Crippen LogP) is 4.48. The van der Waals surface area contributed by atoms with Crippen LogP contribution in [0.15, 0.2) is 0 Å². The van der Waals surface area contributed by atoms with Gasteiger partial charge in [-0.3, -0.25) is 0 Å². The fourth-order valence-corrected chi connectivity index (χ4v) is 1.87. The van der Waals surface area contributed by atoms with Gasteiger partial charge in [0.15, 0.2) is 0 Å². The maximum Gasteiger partial charge on any atom is 0.133 e. The van der Waals surface area contributed by atoms with E-state index in [4.69, 9.17) is 0 Å². The molecule has 14 heavy (non-hydrogen) atoms. The summed E-state index contributed by atoms with van der Waals surface area (Å²) >= 11 is 3.31. The van der Waals surface area contributed by atoms with Crippen LogP contribution in [0.1, 0.15) is 64.7 Å². The second kappa shape index (κ2) is 11.2. The average Bonchev–Trinajstić information content (AvgIpc) is 2.21. The maximum absolute atomic E-state index is 10.3. The lowest BCUT2D eigenvalue weighted by Gasteiger charge is -2.02. The van der Waals surface area contributed by atoms with Crippen LogP contribution < -0.4 is 0 Å². The van der Waals surface area contributed by atoms with E-state index in [1.807, 2.05) is 0 Å². The topological polar surface area (TPSA) is 17.1 Å². The lowest BCUT2D eigenvalue weighted by Crippen LogP contribution is -1.97. The first kappa shape index (κ1) is 14.2. The molecule has 0 amide bonds. The SMILES string of the molecule is CCCCCCCCCCC(Br)C=O. The molecule has 0 fully saturated rings. The van der Waals surface area contributed by atoms with Gasteiger partial charge in [-0.05, 0) is 6.42 Å². The number of rotatable bonds is 10. The Kier molecular flexibility index (Phi) is 11.3. The number of carbonyl (C=O) groups is 1. The van der Waals surface area contributed by atoms with Gasteiger partial charge in [-0.1, -0.05) is 74.2 Å². The summed E-state index contributed by atoms with van der Waals surface area (Å²) < 4.78 is 0. The number of hydrogen-bond donors (Lipinski definition) is 0. The second-order valence-corrected chi connectivity index (χ2v) is 5.09. The number of halogens is 1. The first-order valence-electron chi connectivity index (χ1n) is 5.90. The number of aldehydes is 1. The van der Waals surface area contributed by atoms with Crippen LogP contribution in [0.4, 0.5) is 0 Å². The van der Waals surface area contributed by atoms with Crippen molar-refractivity contribution in [2.24, 2.45) is 0 Å². The van der Waals surface area contributed by atoms with E-state index in [0.717, 1.165) is 12.7 Å². The van der Waals surface area contributed by atoms with E-state index < -0.39 is 0 Å². The van der Waals surface area contributed by atoms with Gasteiger partial charge in [0, 0.05) is 0 Å². The van der Waals surface area contributed by atoms with Crippen LogP contribution >= 0.6 is 15.9 Å². The molecule has 1 unspecified atom stereocenters. The van der Waals surface area contributed by atoms with Gasteiger partial charge < -0.3 is 4.79 Å². The molecule has 0 rings (SSSR count). The fourth-order valence-electron chi connectivity index (χ4n) is 1.54. The molecule has 0 radical (unpaired) electrons. The largest absolute Gasteiger partial charge is 0.302 e. The zero-order valence-electron chi connectivity index (χ0n) is 9.30. The van der Waals surface area contributed by atoms with Gasteiger partial charge in [0.2, 0.25) is 0 Å². The highest BCUT2D eigenvalue weighted by molar-refractivity contribution is 9.09. The Hall–Kier alpha value is 0.150. The van der Waals surface area contributed by atoms with Gasteiger partial charge in [0.05, 0.1) is 4.83 Å². The van der Waals surface area contributed by atoms with E-state index in [9.17, 15) is 4.79 Å². The molecule has 0 aromatic rings. The van der Waals surface area contributed by atoms with Crippen molar-refractivity contribution in [3.8, 4) is 0 Å². The summed E-state index contributed by atoms with van der Waals surface area (Å²) in [6.07, 6.45) is 12.6. The van der Waals surface area contributed by atoms with E-state index in [1.54, 1.807) is 0 Å². The molecule has 0 bridgehead atoms. The molecule has 0 aromatic heterocycles. The number of hydrogen-bond acceptors (Lipinski definition) is 1. The van der Waals surface area contributed by atoms with Gasteiger partial charge >= 0.3 is 0 Å². The zero-order valence-corrected chi connectivity index (χ0v) is 10.9. The van der Waals surface area contributed by atoms with Gasteiger partial charge in [0.1, 0.15) is 6.29 Å². The molecule has 0 aromatic carbocycles. The van der Waals surface area contributed by atoms with Crippen molar-refractivity contribution >= 4 is 22.2 Å². The average molecular weight is 263 g/mol. The van der Waals surface area contributed by atoms with E-state index in [1.165, 1.54) is 51.4 Å². The molecule has 2 heteroatoms. The lowest BCUT2D eigenvalue weighted by molar-refractivity contribution is -0.107. The maximum atomic E-state index is 10.3. The Morgan fingerprint density at radius 2 is 1.50 bits per heavy atom. The Labute approximate surface area is 96.8 Å². The summed E-state index contributed by atoms with van der Waals surface area (Å²) in [6.45, 7) is 2.25. The van der Waals surface area contributed by atoms with Crippen molar-refractivity contribution < 1.29 is 4.79 Å². The van der Waals surface area contributed by atoms with Crippen LogP contribution in [0.25, 0.3) is 0 Å². The van der Waals surface area contributed by atoms with Gasteiger partial charge in [-0.25, -0.2) is 0 Å². The molecule has 84 valence electrons. The van der Waals surface area contributed by atoms with Crippen LogP contribution in [0.2, 0.25) is 0 Å². The molecule has 0 aliphatic heterocycles. The molecule has 0 aliphatic rings. The van der Waals surface area contributed by atoms with Crippen LogP contribution in [0.5, 0.6) is 0 Å². The highest BCUT2D eigenvalue weighted by Crippen LogP contribution is 2.12. The molecule has 0 saturated carbocycles. The third-order valence-electron chi connectivity index (χ3n) is 2.48. The minimum atomic E-state index is 0.0857. The summed E-state index contributed by atoms with van der Waals surface area (Å²) in [6, 6.07) is 0. The minimum absolute atomic E-state index is 0.0857. The van der Waals surface area contributed by atoms with E-state index >= 15 is 0 Å². The number of unbranched alkanes of at least 4 members (excludes halogenated alkanes) is 7. The first-order valence-corrected chi connectivity index (χ1v) is 6.82. The predicted molar refractivity (Wildman–Crippen MR) is 66.0 cm³/mol. The van der Waals surface area contributed by atoms with Gasteiger partial charge in [-0.15, -0.1) is 0 Å². The van der Waals surface area contributed by atoms with Crippen molar-refractivity contribution in [2.45, 2.75) is 69.5 Å². The molecule has 0 heterocycles. The summed E-state index contributed by atoms with van der Waals surface area (Å²) in [5.74, 6) is 0. The summed E-state index contributed by atoms with van der Waals surface area (Å²) in [7, 11) is 0. The quantitative estimate of drug-likeness (QED) is 0.322. The normalized spacial score (nSPS) is 12.7. The van der Waals surface area contributed by atoms with Gasteiger partial charge in [-0.2, -0.15) is 0 Å². The first-order chi connectivity index (χ1) is 6.81. The lowest BCUT2D eigenvalue weighted by atomic mass is 10.1. The Morgan fingerprint density at radius 3 is 2.00 bits per heavy atom. The monoisotopic (exact) mass is 262 g/mol. The molecule has 1 atom stereocenters. The fraction of sp³-hybridized carbons (Fsp3) is 0.917. The van der Waals surface area contributed by atoms with Crippen LogP contribution in [0, 0.1) is 0 Å². The van der Waals surface area contributed by atoms with Crippen molar-refractivity contribution in [3.05, 3.63) is 0 Å². The summed E-state index contributed by atoms with van der Waals surface area (Å²) in [4.78, 5) is 10.4. The summed E-state index contributed by atoms with van der Waals surface area (Å²) in [5, 5.41) is 0. The van der Waals surface area contributed by atoms with E-state index in [-0.39, 0.29) is 4.83 Å². The number of carbonyl (C=O) groups excluding carboxylic acids is 1. The Bertz CT molecular complexity index is 125. The van der Waals surface area contributed by atoms with Gasteiger partial charge in [0.25, 0.3) is 0 Å². The van der Waals surface area contributed by atoms with Crippen molar-refractivity contribution in [2.75, 3.05) is 0 Å². The molecular weight excluding hydrogens is 240 g/mol.